The molecule has 1 aromatic heterocycles. The number of aromatic nitrogens is 1. The van der Waals surface area contributed by atoms with Gasteiger partial charge in [0.25, 0.3) is 0 Å². The van der Waals surface area contributed by atoms with Gasteiger partial charge in [0, 0.05) is 30.2 Å². The fraction of sp³-hybridized carbons (Fsp3) is 0.438. The first-order chi connectivity index (χ1) is 9.81. The summed E-state index contributed by atoms with van der Waals surface area (Å²) < 4.78 is 0. The lowest BCUT2D eigenvalue weighted by Gasteiger charge is -2.38. The summed E-state index contributed by atoms with van der Waals surface area (Å²) in [6.45, 7) is 2.04. The van der Waals surface area contributed by atoms with Crippen molar-refractivity contribution in [1.82, 2.24) is 9.88 Å². The SMILES string of the molecule is NC1CCN(Cc2nccs2)C(Cc2ccccc2)C1. The Bertz CT molecular complexity index is 512. The summed E-state index contributed by atoms with van der Waals surface area (Å²) >= 11 is 1.74. The van der Waals surface area contributed by atoms with E-state index in [2.05, 4.69) is 45.6 Å². The van der Waals surface area contributed by atoms with Crippen molar-refractivity contribution in [3.05, 3.63) is 52.5 Å². The van der Waals surface area contributed by atoms with Gasteiger partial charge in [-0.3, -0.25) is 4.90 Å². The van der Waals surface area contributed by atoms with Crippen LogP contribution in [0.25, 0.3) is 0 Å². The van der Waals surface area contributed by atoms with Gasteiger partial charge in [-0.05, 0) is 24.8 Å². The predicted octanol–water partition coefficient (Wildman–Crippen LogP) is 2.68. The zero-order valence-corrected chi connectivity index (χ0v) is 12.4. The number of thiazole rings is 1. The Kier molecular flexibility index (Phi) is 4.45. The van der Waals surface area contributed by atoms with Crippen LogP contribution in [0.2, 0.25) is 0 Å². The maximum absolute atomic E-state index is 6.17. The molecule has 0 aliphatic carbocycles. The van der Waals surface area contributed by atoms with Crippen LogP contribution in [0, 0.1) is 0 Å². The lowest BCUT2D eigenvalue weighted by Crippen LogP contribution is -2.47. The van der Waals surface area contributed by atoms with E-state index in [-0.39, 0.29) is 0 Å². The summed E-state index contributed by atoms with van der Waals surface area (Å²) in [5, 5.41) is 3.26. The van der Waals surface area contributed by atoms with Gasteiger partial charge in [0.2, 0.25) is 0 Å². The van der Waals surface area contributed by atoms with Gasteiger partial charge in [-0.15, -0.1) is 11.3 Å². The van der Waals surface area contributed by atoms with Crippen molar-refractivity contribution in [2.75, 3.05) is 6.54 Å². The molecule has 2 aromatic rings. The van der Waals surface area contributed by atoms with Crippen LogP contribution in [0.5, 0.6) is 0 Å². The number of nitrogens with two attached hydrogens (primary N) is 1. The Labute approximate surface area is 124 Å². The summed E-state index contributed by atoms with van der Waals surface area (Å²) in [6, 6.07) is 11.6. The zero-order chi connectivity index (χ0) is 13.8. The van der Waals surface area contributed by atoms with Crippen LogP contribution in [-0.2, 0) is 13.0 Å². The highest BCUT2D eigenvalue weighted by Gasteiger charge is 2.27. The van der Waals surface area contributed by atoms with Gasteiger partial charge >= 0.3 is 0 Å². The van der Waals surface area contributed by atoms with Gasteiger partial charge in [-0.2, -0.15) is 0 Å². The highest BCUT2D eigenvalue weighted by molar-refractivity contribution is 7.09. The van der Waals surface area contributed by atoms with Gasteiger partial charge in [-0.1, -0.05) is 30.3 Å². The van der Waals surface area contributed by atoms with Gasteiger partial charge in [0.05, 0.1) is 6.54 Å². The molecule has 2 atom stereocenters. The minimum absolute atomic E-state index is 0.344. The van der Waals surface area contributed by atoms with Crippen molar-refractivity contribution in [1.29, 1.82) is 0 Å². The average molecular weight is 287 g/mol. The third-order valence-corrected chi connectivity index (χ3v) is 4.78. The fourth-order valence-corrected chi connectivity index (χ4v) is 3.58. The molecule has 20 heavy (non-hydrogen) atoms. The normalized spacial score (nSPS) is 23.9. The maximum Gasteiger partial charge on any atom is 0.107 e. The second kappa shape index (κ2) is 6.48. The second-order valence-electron chi connectivity index (χ2n) is 5.52. The lowest BCUT2D eigenvalue weighted by atomic mass is 9.93. The van der Waals surface area contributed by atoms with Crippen LogP contribution in [0.3, 0.4) is 0 Å². The fourth-order valence-electron chi connectivity index (χ4n) is 2.94. The topological polar surface area (TPSA) is 42.1 Å². The molecule has 1 aromatic carbocycles. The van der Waals surface area contributed by atoms with Crippen LogP contribution in [-0.4, -0.2) is 28.5 Å². The van der Waals surface area contributed by atoms with Gasteiger partial charge in [0.15, 0.2) is 0 Å². The van der Waals surface area contributed by atoms with E-state index in [1.54, 1.807) is 11.3 Å². The Morgan fingerprint density at radius 1 is 1.30 bits per heavy atom. The van der Waals surface area contributed by atoms with E-state index in [9.17, 15) is 0 Å². The molecule has 2 heterocycles. The number of piperidine rings is 1. The molecular formula is C16H21N3S. The highest BCUT2D eigenvalue weighted by Crippen LogP contribution is 2.23. The van der Waals surface area contributed by atoms with E-state index in [1.165, 1.54) is 10.6 Å². The Balaban J connectivity index is 1.70. The maximum atomic E-state index is 6.17. The van der Waals surface area contributed by atoms with Gasteiger partial charge in [-0.25, -0.2) is 4.98 Å². The molecular weight excluding hydrogens is 266 g/mol. The molecule has 2 N–H and O–H groups in total. The minimum Gasteiger partial charge on any atom is -0.328 e. The van der Waals surface area contributed by atoms with Gasteiger partial charge < -0.3 is 5.73 Å². The average Bonchev–Trinajstić information content (AvgIpc) is 2.96. The van der Waals surface area contributed by atoms with Crippen molar-refractivity contribution in [2.45, 2.75) is 37.9 Å². The predicted molar refractivity (Wildman–Crippen MR) is 83.7 cm³/mol. The second-order valence-corrected chi connectivity index (χ2v) is 6.50. The van der Waals surface area contributed by atoms with Crippen molar-refractivity contribution >= 4 is 11.3 Å². The first-order valence-electron chi connectivity index (χ1n) is 7.23. The molecule has 0 radical (unpaired) electrons. The third kappa shape index (κ3) is 3.45. The molecule has 1 aliphatic heterocycles. The molecule has 0 saturated carbocycles. The summed E-state index contributed by atoms with van der Waals surface area (Å²) in [6.07, 6.45) is 5.15. The smallest absolute Gasteiger partial charge is 0.107 e. The largest absolute Gasteiger partial charge is 0.328 e. The van der Waals surface area contributed by atoms with Crippen molar-refractivity contribution < 1.29 is 0 Å². The van der Waals surface area contributed by atoms with E-state index >= 15 is 0 Å². The number of rotatable bonds is 4. The Morgan fingerprint density at radius 3 is 2.90 bits per heavy atom. The number of benzene rings is 1. The zero-order valence-electron chi connectivity index (χ0n) is 11.6. The van der Waals surface area contributed by atoms with Crippen molar-refractivity contribution in [2.24, 2.45) is 5.73 Å². The van der Waals surface area contributed by atoms with Crippen LogP contribution in [0.1, 0.15) is 23.4 Å². The number of hydrogen-bond acceptors (Lipinski definition) is 4. The molecule has 4 heteroatoms. The molecule has 0 bridgehead atoms. The van der Waals surface area contributed by atoms with E-state index < -0.39 is 0 Å². The van der Waals surface area contributed by atoms with E-state index in [1.807, 2.05) is 6.20 Å². The summed E-state index contributed by atoms with van der Waals surface area (Å²) in [5.41, 5.74) is 7.57. The van der Waals surface area contributed by atoms with E-state index in [0.717, 1.165) is 32.4 Å². The molecule has 0 spiro atoms. The van der Waals surface area contributed by atoms with Crippen LogP contribution in [0.4, 0.5) is 0 Å². The summed E-state index contributed by atoms with van der Waals surface area (Å²) in [5.74, 6) is 0. The van der Waals surface area contributed by atoms with Crippen LogP contribution >= 0.6 is 11.3 Å². The standard InChI is InChI=1S/C16H21N3S/c17-14-6-8-19(12-16-18-7-9-20-16)15(11-14)10-13-4-2-1-3-5-13/h1-5,7,9,14-15H,6,8,10-12,17H2. The number of nitrogens with zero attached hydrogens (tertiary/aromatic N) is 2. The highest BCUT2D eigenvalue weighted by atomic mass is 32.1. The lowest BCUT2D eigenvalue weighted by molar-refractivity contribution is 0.127. The molecule has 3 rings (SSSR count). The third-order valence-electron chi connectivity index (χ3n) is 4.01. The molecule has 106 valence electrons. The van der Waals surface area contributed by atoms with Crippen molar-refractivity contribution in [3.63, 3.8) is 0 Å². The quantitative estimate of drug-likeness (QED) is 0.940. The Hall–Kier alpha value is -1.23. The monoisotopic (exact) mass is 287 g/mol. The minimum atomic E-state index is 0.344. The number of hydrogen-bond donors (Lipinski definition) is 1. The Morgan fingerprint density at radius 2 is 2.15 bits per heavy atom. The first-order valence-corrected chi connectivity index (χ1v) is 8.11. The molecule has 3 nitrogen and oxygen atoms in total. The van der Waals surface area contributed by atoms with Gasteiger partial charge in [0.1, 0.15) is 5.01 Å². The molecule has 1 aliphatic rings. The number of likely N-dealkylation sites (tertiary alicyclic amines) is 1. The van der Waals surface area contributed by atoms with Crippen LogP contribution in [0.15, 0.2) is 41.9 Å². The first kappa shape index (κ1) is 13.7. The molecule has 1 saturated heterocycles. The van der Waals surface area contributed by atoms with Crippen LogP contribution < -0.4 is 5.73 Å². The van der Waals surface area contributed by atoms with Crippen molar-refractivity contribution in [3.8, 4) is 0 Å². The summed E-state index contributed by atoms with van der Waals surface area (Å²) in [7, 11) is 0. The molecule has 2 unspecified atom stereocenters. The molecule has 1 fully saturated rings. The summed E-state index contributed by atoms with van der Waals surface area (Å²) in [4.78, 5) is 6.97. The molecule has 0 amide bonds. The van der Waals surface area contributed by atoms with E-state index in [0.29, 0.717) is 12.1 Å². The van der Waals surface area contributed by atoms with E-state index in [4.69, 9.17) is 5.73 Å².